The first-order valence-electron chi connectivity index (χ1n) is 6.05. The molecule has 0 amide bonds. The highest BCUT2D eigenvalue weighted by Crippen LogP contribution is 2.17. The maximum absolute atomic E-state index is 5.56. The molecule has 0 aromatic heterocycles. The van der Waals surface area contributed by atoms with Crippen molar-refractivity contribution < 1.29 is 9.47 Å². The normalized spacial score (nSPS) is 30.4. The van der Waals surface area contributed by atoms with Gasteiger partial charge >= 0.3 is 0 Å². The molecule has 0 fully saturated rings. The van der Waals surface area contributed by atoms with Crippen LogP contribution in [0.25, 0.3) is 0 Å². The first-order chi connectivity index (χ1) is 7.65. The molecule has 0 radical (unpaired) electrons. The van der Waals surface area contributed by atoms with Gasteiger partial charge in [-0.2, -0.15) is 0 Å². The highest BCUT2D eigenvalue weighted by Gasteiger charge is 2.22. The average Bonchev–Trinajstić information content (AvgIpc) is 2.84. The molecule has 90 valence electrons. The van der Waals surface area contributed by atoms with E-state index in [1.54, 1.807) is 0 Å². The van der Waals surface area contributed by atoms with Crippen LogP contribution in [0.1, 0.15) is 33.6 Å². The molecule has 4 heteroatoms. The second-order valence-corrected chi connectivity index (χ2v) is 4.73. The van der Waals surface area contributed by atoms with Gasteiger partial charge < -0.3 is 9.47 Å². The fourth-order valence-electron chi connectivity index (χ4n) is 1.91. The van der Waals surface area contributed by atoms with E-state index in [0.29, 0.717) is 12.0 Å². The van der Waals surface area contributed by atoms with E-state index in [1.165, 1.54) is 0 Å². The van der Waals surface area contributed by atoms with Crippen LogP contribution < -0.4 is 0 Å². The summed E-state index contributed by atoms with van der Waals surface area (Å²) in [5.74, 6) is 2.16. The molecule has 2 heterocycles. The van der Waals surface area contributed by atoms with Crippen molar-refractivity contribution >= 4 is 11.8 Å². The molecule has 2 aliphatic heterocycles. The minimum Gasteiger partial charge on any atom is -0.479 e. The van der Waals surface area contributed by atoms with Gasteiger partial charge in [0.2, 0.25) is 0 Å². The Kier molecular flexibility index (Phi) is 3.46. The zero-order valence-corrected chi connectivity index (χ0v) is 10.3. The van der Waals surface area contributed by atoms with Crippen LogP contribution in [-0.4, -0.2) is 37.1 Å². The zero-order chi connectivity index (χ0) is 11.5. The van der Waals surface area contributed by atoms with Crippen LogP contribution in [-0.2, 0) is 9.47 Å². The smallest absolute Gasteiger partial charge is 0.186 e. The van der Waals surface area contributed by atoms with Gasteiger partial charge in [-0.25, -0.2) is 4.99 Å². The summed E-state index contributed by atoms with van der Waals surface area (Å²) in [5.41, 5.74) is 0. The molecule has 2 aliphatic rings. The molecule has 0 spiro atoms. The standard InChI is InChI=1S/C12H20N2O2/c1-8(12-14-9(2)7-15-12)4-5-11-13-6-10(3)16-11/h8-10H,4-7H2,1-3H3. The van der Waals surface area contributed by atoms with E-state index in [-0.39, 0.29) is 6.10 Å². The Morgan fingerprint density at radius 3 is 2.81 bits per heavy atom. The summed E-state index contributed by atoms with van der Waals surface area (Å²) in [6, 6.07) is 0.317. The summed E-state index contributed by atoms with van der Waals surface area (Å²) >= 11 is 0. The topological polar surface area (TPSA) is 43.2 Å². The average molecular weight is 224 g/mol. The van der Waals surface area contributed by atoms with Gasteiger partial charge in [-0.05, 0) is 20.3 Å². The molecule has 0 saturated heterocycles. The fraction of sp³-hybridized carbons (Fsp3) is 0.833. The summed E-state index contributed by atoms with van der Waals surface area (Å²) in [4.78, 5) is 8.81. The van der Waals surface area contributed by atoms with Crippen LogP contribution in [0.3, 0.4) is 0 Å². The Morgan fingerprint density at radius 1 is 1.44 bits per heavy atom. The molecular weight excluding hydrogens is 204 g/mol. The summed E-state index contributed by atoms with van der Waals surface area (Å²) in [7, 11) is 0. The van der Waals surface area contributed by atoms with Crippen molar-refractivity contribution in [3.63, 3.8) is 0 Å². The first-order valence-corrected chi connectivity index (χ1v) is 6.05. The molecule has 16 heavy (non-hydrogen) atoms. The maximum Gasteiger partial charge on any atom is 0.186 e. The van der Waals surface area contributed by atoms with Gasteiger partial charge in [0.05, 0.1) is 12.6 Å². The van der Waals surface area contributed by atoms with Crippen LogP contribution in [0.2, 0.25) is 0 Å². The Morgan fingerprint density at radius 2 is 2.25 bits per heavy atom. The molecular formula is C12H20N2O2. The third kappa shape index (κ3) is 2.74. The van der Waals surface area contributed by atoms with Crippen molar-refractivity contribution in [2.45, 2.75) is 45.8 Å². The molecule has 3 atom stereocenters. The SMILES string of the molecule is CC1COC(C(C)CCC2=NCC(C)O2)=N1. The second kappa shape index (κ2) is 4.85. The predicted octanol–water partition coefficient (Wildman–Crippen LogP) is 2.04. The number of hydrogen-bond acceptors (Lipinski definition) is 4. The maximum atomic E-state index is 5.56. The molecule has 0 saturated carbocycles. The molecule has 0 aliphatic carbocycles. The Bertz CT molecular complexity index is 312. The highest BCUT2D eigenvalue weighted by atomic mass is 16.5. The van der Waals surface area contributed by atoms with E-state index >= 15 is 0 Å². The Labute approximate surface area is 96.8 Å². The van der Waals surface area contributed by atoms with E-state index in [4.69, 9.17) is 9.47 Å². The van der Waals surface area contributed by atoms with Gasteiger partial charge in [0.15, 0.2) is 11.8 Å². The monoisotopic (exact) mass is 224 g/mol. The summed E-state index contributed by atoms with van der Waals surface area (Å²) in [5, 5.41) is 0. The third-order valence-corrected chi connectivity index (χ3v) is 2.89. The van der Waals surface area contributed by atoms with Crippen LogP contribution >= 0.6 is 0 Å². The van der Waals surface area contributed by atoms with E-state index < -0.39 is 0 Å². The highest BCUT2D eigenvalue weighted by molar-refractivity contribution is 5.82. The first kappa shape index (κ1) is 11.4. The van der Waals surface area contributed by atoms with Gasteiger partial charge in [0, 0.05) is 12.3 Å². The lowest BCUT2D eigenvalue weighted by atomic mass is 10.1. The lowest BCUT2D eigenvalue weighted by Crippen LogP contribution is -2.14. The van der Waals surface area contributed by atoms with Crippen LogP contribution in [0.5, 0.6) is 0 Å². The van der Waals surface area contributed by atoms with E-state index in [2.05, 4.69) is 23.8 Å². The molecule has 2 rings (SSSR count). The molecule has 4 nitrogen and oxygen atoms in total. The van der Waals surface area contributed by atoms with Gasteiger partial charge in [-0.3, -0.25) is 4.99 Å². The Balaban J connectivity index is 1.76. The molecule has 0 aromatic carbocycles. The Hall–Kier alpha value is -1.06. The van der Waals surface area contributed by atoms with Crippen LogP contribution in [0.15, 0.2) is 9.98 Å². The largest absolute Gasteiger partial charge is 0.479 e. The quantitative estimate of drug-likeness (QED) is 0.733. The van der Waals surface area contributed by atoms with Gasteiger partial charge in [0.25, 0.3) is 0 Å². The lowest BCUT2D eigenvalue weighted by molar-refractivity contribution is 0.237. The second-order valence-electron chi connectivity index (χ2n) is 4.73. The molecule has 0 aromatic rings. The summed E-state index contributed by atoms with van der Waals surface area (Å²) in [6.07, 6.45) is 2.14. The molecule has 3 unspecified atom stereocenters. The number of aliphatic imine (C=N–C) groups is 2. The van der Waals surface area contributed by atoms with Crippen molar-refractivity contribution in [3.05, 3.63) is 0 Å². The van der Waals surface area contributed by atoms with Gasteiger partial charge in [-0.15, -0.1) is 0 Å². The van der Waals surface area contributed by atoms with E-state index in [0.717, 1.165) is 37.8 Å². The number of ether oxygens (including phenoxy) is 2. The van der Waals surface area contributed by atoms with Crippen molar-refractivity contribution in [1.82, 2.24) is 0 Å². The third-order valence-electron chi connectivity index (χ3n) is 2.89. The minimum atomic E-state index is 0.255. The molecule has 0 bridgehead atoms. The zero-order valence-electron chi connectivity index (χ0n) is 10.3. The number of hydrogen-bond donors (Lipinski definition) is 0. The number of nitrogens with zero attached hydrogens (tertiary/aromatic N) is 2. The summed E-state index contributed by atoms with van der Waals surface area (Å²) < 4.78 is 11.1. The summed E-state index contributed by atoms with van der Waals surface area (Å²) in [6.45, 7) is 7.81. The van der Waals surface area contributed by atoms with Gasteiger partial charge in [0.1, 0.15) is 12.7 Å². The molecule has 0 N–H and O–H groups in total. The fourth-order valence-corrected chi connectivity index (χ4v) is 1.91. The van der Waals surface area contributed by atoms with Crippen LogP contribution in [0, 0.1) is 5.92 Å². The minimum absolute atomic E-state index is 0.255. The van der Waals surface area contributed by atoms with Crippen molar-refractivity contribution in [2.24, 2.45) is 15.9 Å². The number of rotatable bonds is 4. The van der Waals surface area contributed by atoms with Crippen molar-refractivity contribution in [1.29, 1.82) is 0 Å². The predicted molar refractivity (Wildman–Crippen MR) is 64.1 cm³/mol. The lowest BCUT2D eigenvalue weighted by Gasteiger charge is -2.11. The van der Waals surface area contributed by atoms with Gasteiger partial charge in [-0.1, -0.05) is 6.92 Å². The van der Waals surface area contributed by atoms with E-state index in [1.807, 2.05) is 6.92 Å². The van der Waals surface area contributed by atoms with Crippen molar-refractivity contribution in [3.8, 4) is 0 Å². The van der Waals surface area contributed by atoms with Crippen molar-refractivity contribution in [2.75, 3.05) is 13.2 Å². The van der Waals surface area contributed by atoms with E-state index in [9.17, 15) is 0 Å². The van der Waals surface area contributed by atoms with Crippen LogP contribution in [0.4, 0.5) is 0 Å².